The van der Waals surface area contributed by atoms with E-state index in [0.717, 1.165) is 17.5 Å². The highest BCUT2D eigenvalue weighted by molar-refractivity contribution is 7.08. The van der Waals surface area contributed by atoms with Crippen LogP contribution in [0.2, 0.25) is 0 Å². The minimum Gasteiger partial charge on any atom is -0.449 e. The average molecular weight is 341 g/mol. The molecule has 3 rings (SSSR count). The van der Waals surface area contributed by atoms with Gasteiger partial charge in [0.25, 0.3) is 5.91 Å². The number of amides is 1. The van der Waals surface area contributed by atoms with Gasteiger partial charge in [-0.25, -0.2) is 4.79 Å². The quantitative estimate of drug-likeness (QED) is 0.633. The SMILES string of the molecule is C[C@H](OC(=O)/C=C/c1ccsc1)C(=O)N1CCc2ccccc2C1. The van der Waals surface area contributed by atoms with Crippen LogP contribution in [0.3, 0.4) is 0 Å². The number of rotatable bonds is 4. The fraction of sp³-hybridized carbons (Fsp3) is 0.263. The number of thiophene rings is 1. The number of carbonyl (C=O) groups excluding carboxylic acids is 2. The van der Waals surface area contributed by atoms with E-state index in [9.17, 15) is 9.59 Å². The number of esters is 1. The maximum atomic E-state index is 12.5. The summed E-state index contributed by atoms with van der Waals surface area (Å²) in [6.07, 6.45) is 3.10. The summed E-state index contributed by atoms with van der Waals surface area (Å²) >= 11 is 1.56. The summed E-state index contributed by atoms with van der Waals surface area (Å²) in [5.41, 5.74) is 3.39. The zero-order valence-corrected chi connectivity index (χ0v) is 14.3. The molecule has 0 spiro atoms. The molecule has 124 valence electrons. The molecular weight excluding hydrogens is 322 g/mol. The first kappa shape index (κ1) is 16.5. The van der Waals surface area contributed by atoms with Crippen molar-refractivity contribution in [3.8, 4) is 0 Å². The summed E-state index contributed by atoms with van der Waals surface area (Å²) in [6.45, 7) is 2.85. The van der Waals surface area contributed by atoms with Gasteiger partial charge in [-0.15, -0.1) is 0 Å². The van der Waals surface area contributed by atoms with Gasteiger partial charge in [0.1, 0.15) is 0 Å². The first-order chi connectivity index (χ1) is 11.6. The first-order valence-electron chi connectivity index (χ1n) is 7.90. The molecule has 1 aromatic carbocycles. The zero-order chi connectivity index (χ0) is 16.9. The number of carbonyl (C=O) groups is 2. The van der Waals surface area contributed by atoms with Gasteiger partial charge < -0.3 is 9.64 Å². The molecule has 24 heavy (non-hydrogen) atoms. The van der Waals surface area contributed by atoms with Gasteiger partial charge in [-0.05, 0) is 52.9 Å². The lowest BCUT2D eigenvalue weighted by atomic mass is 9.99. The van der Waals surface area contributed by atoms with Crippen molar-refractivity contribution in [2.75, 3.05) is 6.54 Å². The maximum absolute atomic E-state index is 12.5. The Bertz CT molecular complexity index is 752. The number of fused-ring (bicyclic) bond motifs is 1. The van der Waals surface area contributed by atoms with Crippen LogP contribution < -0.4 is 0 Å². The molecule has 1 aromatic heterocycles. The van der Waals surface area contributed by atoms with E-state index in [4.69, 9.17) is 4.74 Å². The highest BCUT2D eigenvalue weighted by Gasteiger charge is 2.26. The van der Waals surface area contributed by atoms with E-state index in [0.29, 0.717) is 13.1 Å². The summed E-state index contributed by atoms with van der Waals surface area (Å²) in [5.74, 6) is -0.652. The molecule has 4 nitrogen and oxygen atoms in total. The molecule has 0 unspecified atom stereocenters. The molecule has 5 heteroatoms. The Balaban J connectivity index is 1.56. The molecule has 1 atom stereocenters. The Labute approximate surface area is 145 Å². The van der Waals surface area contributed by atoms with Gasteiger partial charge >= 0.3 is 5.97 Å². The Morgan fingerprint density at radius 2 is 2.04 bits per heavy atom. The van der Waals surface area contributed by atoms with E-state index < -0.39 is 12.1 Å². The van der Waals surface area contributed by atoms with Crippen LogP contribution in [0, 0.1) is 0 Å². The van der Waals surface area contributed by atoms with Crippen LogP contribution in [0.25, 0.3) is 6.08 Å². The molecule has 0 saturated heterocycles. The molecule has 1 aliphatic rings. The molecule has 0 bridgehead atoms. The standard InChI is InChI=1S/C19H19NO3S/c1-14(23-18(21)7-6-15-9-11-24-13-15)19(22)20-10-8-16-4-2-3-5-17(16)12-20/h2-7,9,11,13-14H,8,10,12H2,1H3/b7-6+/t14-/m0/s1. The van der Waals surface area contributed by atoms with E-state index in [1.54, 1.807) is 29.2 Å². The van der Waals surface area contributed by atoms with Crippen molar-refractivity contribution >= 4 is 29.3 Å². The summed E-state index contributed by atoms with van der Waals surface area (Å²) in [4.78, 5) is 26.1. The molecule has 1 aliphatic heterocycles. The van der Waals surface area contributed by atoms with Crippen molar-refractivity contribution in [1.29, 1.82) is 0 Å². The van der Waals surface area contributed by atoms with Crippen molar-refractivity contribution in [1.82, 2.24) is 4.90 Å². The monoisotopic (exact) mass is 341 g/mol. The summed E-state index contributed by atoms with van der Waals surface area (Å²) < 4.78 is 5.24. The first-order valence-corrected chi connectivity index (χ1v) is 8.84. The molecule has 0 aliphatic carbocycles. The number of benzene rings is 1. The van der Waals surface area contributed by atoms with Gasteiger partial charge in [-0.3, -0.25) is 4.79 Å². The van der Waals surface area contributed by atoms with Gasteiger partial charge in [0.05, 0.1) is 0 Å². The van der Waals surface area contributed by atoms with Crippen LogP contribution in [0.4, 0.5) is 0 Å². The second-order valence-corrected chi connectivity index (χ2v) is 6.53. The van der Waals surface area contributed by atoms with Crippen molar-refractivity contribution in [3.05, 3.63) is 63.9 Å². The molecule has 0 saturated carbocycles. The van der Waals surface area contributed by atoms with Crippen LogP contribution in [0.5, 0.6) is 0 Å². The number of ether oxygens (including phenoxy) is 1. The average Bonchev–Trinajstić information content (AvgIpc) is 3.12. The third-order valence-corrected chi connectivity index (χ3v) is 4.74. The normalized spacial score (nSPS) is 15.1. The second kappa shape index (κ2) is 7.45. The fourth-order valence-electron chi connectivity index (χ4n) is 2.74. The van der Waals surface area contributed by atoms with Crippen LogP contribution in [0.1, 0.15) is 23.6 Å². The van der Waals surface area contributed by atoms with Crippen LogP contribution in [-0.2, 0) is 27.3 Å². The molecule has 0 N–H and O–H groups in total. The number of nitrogens with zero attached hydrogens (tertiary/aromatic N) is 1. The molecule has 2 aromatic rings. The van der Waals surface area contributed by atoms with Gasteiger partial charge in [0.2, 0.25) is 0 Å². The highest BCUT2D eigenvalue weighted by Crippen LogP contribution is 2.19. The Hall–Kier alpha value is -2.40. The Morgan fingerprint density at radius 3 is 2.79 bits per heavy atom. The lowest BCUT2D eigenvalue weighted by Gasteiger charge is -2.30. The van der Waals surface area contributed by atoms with Crippen LogP contribution >= 0.6 is 11.3 Å². The largest absolute Gasteiger partial charge is 0.449 e. The van der Waals surface area contributed by atoms with E-state index in [-0.39, 0.29) is 5.91 Å². The smallest absolute Gasteiger partial charge is 0.331 e. The summed E-state index contributed by atoms with van der Waals surface area (Å²) in [7, 11) is 0. The third kappa shape index (κ3) is 3.92. The molecule has 2 heterocycles. The lowest BCUT2D eigenvalue weighted by Crippen LogP contribution is -2.42. The predicted octanol–water partition coefficient (Wildman–Crippen LogP) is 3.28. The Morgan fingerprint density at radius 1 is 1.25 bits per heavy atom. The third-order valence-electron chi connectivity index (χ3n) is 4.04. The fourth-order valence-corrected chi connectivity index (χ4v) is 3.37. The maximum Gasteiger partial charge on any atom is 0.331 e. The van der Waals surface area contributed by atoms with Gasteiger partial charge in [0, 0.05) is 19.2 Å². The molecular formula is C19H19NO3S. The van der Waals surface area contributed by atoms with Crippen molar-refractivity contribution in [2.24, 2.45) is 0 Å². The van der Waals surface area contributed by atoms with E-state index in [2.05, 4.69) is 6.07 Å². The topological polar surface area (TPSA) is 46.6 Å². The zero-order valence-electron chi connectivity index (χ0n) is 13.5. The molecule has 1 amide bonds. The number of hydrogen-bond donors (Lipinski definition) is 0. The van der Waals surface area contributed by atoms with Crippen molar-refractivity contribution < 1.29 is 14.3 Å². The Kier molecular flexibility index (Phi) is 5.11. The second-order valence-electron chi connectivity index (χ2n) is 5.75. The van der Waals surface area contributed by atoms with E-state index in [1.807, 2.05) is 35.0 Å². The summed E-state index contributed by atoms with van der Waals surface area (Å²) in [6, 6.07) is 10.0. The van der Waals surface area contributed by atoms with Crippen molar-refractivity contribution in [2.45, 2.75) is 26.0 Å². The minimum absolute atomic E-state index is 0.151. The number of hydrogen-bond acceptors (Lipinski definition) is 4. The van der Waals surface area contributed by atoms with Crippen LogP contribution in [-0.4, -0.2) is 29.4 Å². The highest BCUT2D eigenvalue weighted by atomic mass is 32.1. The van der Waals surface area contributed by atoms with Crippen molar-refractivity contribution in [3.63, 3.8) is 0 Å². The van der Waals surface area contributed by atoms with Crippen LogP contribution in [0.15, 0.2) is 47.2 Å². The van der Waals surface area contributed by atoms with Gasteiger partial charge in [-0.2, -0.15) is 11.3 Å². The molecule has 0 radical (unpaired) electrons. The van der Waals surface area contributed by atoms with E-state index >= 15 is 0 Å². The molecule has 0 fully saturated rings. The van der Waals surface area contributed by atoms with Gasteiger partial charge in [-0.1, -0.05) is 24.3 Å². The predicted molar refractivity (Wildman–Crippen MR) is 94.5 cm³/mol. The van der Waals surface area contributed by atoms with E-state index in [1.165, 1.54) is 11.6 Å². The lowest BCUT2D eigenvalue weighted by molar-refractivity contribution is -0.155. The van der Waals surface area contributed by atoms with Gasteiger partial charge in [0.15, 0.2) is 6.10 Å². The minimum atomic E-state index is -0.783. The summed E-state index contributed by atoms with van der Waals surface area (Å²) in [5, 5.41) is 3.87.